The summed E-state index contributed by atoms with van der Waals surface area (Å²) in [4.78, 5) is 28.4. The first-order valence-electron chi connectivity index (χ1n) is 8.29. The summed E-state index contributed by atoms with van der Waals surface area (Å²) in [7, 11) is 2.99. The summed E-state index contributed by atoms with van der Waals surface area (Å²) in [5, 5.41) is 4.51. The first-order chi connectivity index (χ1) is 13.5. The Kier molecular flexibility index (Phi) is 4.70. The van der Waals surface area contributed by atoms with E-state index in [4.69, 9.17) is 21.1 Å². The Balaban J connectivity index is 1.76. The predicted molar refractivity (Wildman–Crippen MR) is 112 cm³/mol. The van der Waals surface area contributed by atoms with Crippen molar-refractivity contribution in [2.45, 2.75) is 0 Å². The number of hydrogen-bond acceptors (Lipinski definition) is 5. The quantitative estimate of drug-likeness (QED) is 0.508. The summed E-state index contributed by atoms with van der Waals surface area (Å²) in [6, 6.07) is 12.2. The number of hydrogen-bond donors (Lipinski definition) is 2. The van der Waals surface area contributed by atoms with Gasteiger partial charge in [-0.2, -0.15) is 0 Å². The van der Waals surface area contributed by atoms with Gasteiger partial charge in [0, 0.05) is 21.7 Å². The van der Waals surface area contributed by atoms with Gasteiger partial charge in [0.05, 0.1) is 35.2 Å². The van der Waals surface area contributed by atoms with E-state index in [0.29, 0.717) is 32.5 Å². The third-order valence-electron chi connectivity index (χ3n) is 4.34. The number of carbonyl (C=O) groups is 1. The number of benzene rings is 2. The lowest BCUT2D eigenvalue weighted by atomic mass is 10.2. The second-order valence-electron chi connectivity index (χ2n) is 5.99. The standard InChI is InChI=1S/C20H15ClN2O4S/c1-26-15-9-16(27-2)14(8-12(15)21)23-20(25)17-7-11-18(28-17)10-5-3-4-6-13(10)22-19(11)24/h3-9H,1-2H3,(H,22,24)(H,23,25). The van der Waals surface area contributed by atoms with Crippen molar-refractivity contribution in [2.24, 2.45) is 0 Å². The highest BCUT2D eigenvalue weighted by Crippen LogP contribution is 2.37. The van der Waals surface area contributed by atoms with E-state index in [9.17, 15) is 9.59 Å². The highest BCUT2D eigenvalue weighted by molar-refractivity contribution is 7.21. The van der Waals surface area contributed by atoms with E-state index < -0.39 is 0 Å². The number of pyridine rings is 1. The van der Waals surface area contributed by atoms with Crippen LogP contribution in [0, 0.1) is 0 Å². The lowest BCUT2D eigenvalue weighted by Gasteiger charge is -2.12. The summed E-state index contributed by atoms with van der Waals surface area (Å²) in [6.45, 7) is 0. The lowest BCUT2D eigenvalue weighted by molar-refractivity contribution is 0.103. The van der Waals surface area contributed by atoms with Crippen molar-refractivity contribution in [3.05, 3.63) is 62.7 Å². The molecule has 0 aliphatic carbocycles. The average molecular weight is 415 g/mol. The molecule has 0 atom stereocenters. The van der Waals surface area contributed by atoms with Crippen molar-refractivity contribution in [3.63, 3.8) is 0 Å². The molecule has 2 aromatic heterocycles. The van der Waals surface area contributed by atoms with E-state index in [0.717, 1.165) is 15.6 Å². The molecule has 2 heterocycles. The minimum atomic E-state index is -0.357. The van der Waals surface area contributed by atoms with Gasteiger partial charge in [-0.15, -0.1) is 11.3 Å². The van der Waals surface area contributed by atoms with E-state index in [-0.39, 0.29) is 11.5 Å². The molecule has 0 fully saturated rings. The molecular weight excluding hydrogens is 400 g/mol. The molecule has 2 aromatic carbocycles. The minimum absolute atomic E-state index is 0.228. The van der Waals surface area contributed by atoms with Crippen LogP contribution in [0.1, 0.15) is 9.67 Å². The van der Waals surface area contributed by atoms with E-state index >= 15 is 0 Å². The van der Waals surface area contributed by atoms with Crippen LogP contribution >= 0.6 is 22.9 Å². The number of halogens is 1. The molecule has 2 N–H and O–H groups in total. The third kappa shape index (κ3) is 3.08. The first-order valence-corrected chi connectivity index (χ1v) is 9.48. The van der Waals surface area contributed by atoms with Crippen LogP contribution in [0.15, 0.2) is 47.3 Å². The van der Waals surface area contributed by atoms with Crippen molar-refractivity contribution in [3.8, 4) is 11.5 Å². The van der Waals surface area contributed by atoms with Crippen molar-refractivity contribution >= 4 is 55.5 Å². The Hall–Kier alpha value is -3.03. The zero-order chi connectivity index (χ0) is 19.8. The van der Waals surface area contributed by atoms with Crippen LogP contribution in [-0.2, 0) is 0 Å². The zero-order valence-electron chi connectivity index (χ0n) is 15.0. The molecule has 0 spiro atoms. The van der Waals surface area contributed by atoms with Crippen molar-refractivity contribution in [2.75, 3.05) is 19.5 Å². The second-order valence-corrected chi connectivity index (χ2v) is 7.45. The first kappa shape index (κ1) is 18.3. The maximum absolute atomic E-state index is 12.8. The fourth-order valence-corrected chi connectivity index (χ4v) is 4.32. The Bertz CT molecular complexity index is 1280. The molecule has 0 unspecified atom stereocenters. The van der Waals surface area contributed by atoms with E-state index in [1.54, 1.807) is 18.2 Å². The largest absolute Gasteiger partial charge is 0.495 e. The number of nitrogens with one attached hydrogen (secondary N) is 2. The fraction of sp³-hybridized carbons (Fsp3) is 0.100. The topological polar surface area (TPSA) is 80.4 Å². The van der Waals surface area contributed by atoms with Gasteiger partial charge in [0.2, 0.25) is 0 Å². The Labute approximate surface area is 168 Å². The molecule has 4 aromatic rings. The number of aromatic amines is 1. The van der Waals surface area contributed by atoms with Gasteiger partial charge in [-0.05, 0) is 18.2 Å². The smallest absolute Gasteiger partial charge is 0.265 e. The van der Waals surface area contributed by atoms with Gasteiger partial charge >= 0.3 is 0 Å². The molecule has 142 valence electrons. The Morgan fingerprint density at radius 1 is 1.07 bits per heavy atom. The number of ether oxygens (including phenoxy) is 2. The number of aromatic nitrogens is 1. The van der Waals surface area contributed by atoms with Crippen LogP contribution in [0.25, 0.3) is 21.0 Å². The van der Waals surface area contributed by atoms with Gasteiger partial charge in [-0.3, -0.25) is 9.59 Å². The monoisotopic (exact) mass is 414 g/mol. The maximum atomic E-state index is 12.8. The maximum Gasteiger partial charge on any atom is 0.265 e. The third-order valence-corrected chi connectivity index (χ3v) is 5.80. The normalized spacial score (nSPS) is 11.0. The van der Waals surface area contributed by atoms with Crippen LogP contribution < -0.4 is 20.3 Å². The molecule has 0 aliphatic heterocycles. The molecule has 0 aliphatic rings. The average Bonchev–Trinajstić information content (AvgIpc) is 3.15. The predicted octanol–water partition coefficient (Wildman–Crippen LogP) is 4.67. The summed E-state index contributed by atoms with van der Waals surface area (Å²) in [6.07, 6.45) is 0. The molecule has 0 saturated heterocycles. The molecule has 0 saturated carbocycles. The van der Waals surface area contributed by atoms with Crippen LogP contribution in [0.5, 0.6) is 11.5 Å². The molecule has 6 nitrogen and oxygen atoms in total. The number of H-pyrrole nitrogens is 1. The van der Waals surface area contributed by atoms with Gasteiger partial charge in [-0.1, -0.05) is 29.8 Å². The lowest BCUT2D eigenvalue weighted by Crippen LogP contribution is -2.11. The number of rotatable bonds is 4. The van der Waals surface area contributed by atoms with Gasteiger partial charge in [0.25, 0.3) is 11.5 Å². The highest BCUT2D eigenvalue weighted by Gasteiger charge is 2.17. The molecule has 0 radical (unpaired) electrons. The molecule has 0 bridgehead atoms. The summed E-state index contributed by atoms with van der Waals surface area (Å²) in [5.41, 5.74) is 0.918. The number of amides is 1. The number of fused-ring (bicyclic) bond motifs is 3. The fourth-order valence-electron chi connectivity index (χ4n) is 2.99. The summed E-state index contributed by atoms with van der Waals surface area (Å²) in [5.74, 6) is 0.500. The minimum Gasteiger partial charge on any atom is -0.495 e. The Morgan fingerprint density at radius 2 is 1.82 bits per heavy atom. The molecule has 28 heavy (non-hydrogen) atoms. The van der Waals surface area contributed by atoms with E-state index in [1.807, 2.05) is 24.3 Å². The molecule has 1 amide bonds. The van der Waals surface area contributed by atoms with E-state index in [1.165, 1.54) is 25.6 Å². The number of para-hydroxylation sites is 1. The van der Waals surface area contributed by atoms with Gasteiger partial charge in [-0.25, -0.2) is 0 Å². The summed E-state index contributed by atoms with van der Waals surface area (Å²) >= 11 is 7.43. The SMILES string of the molecule is COc1cc(OC)c(NC(=O)c2cc3c(=O)[nH]c4ccccc4c3s2)cc1Cl. The van der Waals surface area contributed by atoms with Crippen LogP contribution in [-0.4, -0.2) is 25.1 Å². The molecule has 4 rings (SSSR count). The summed E-state index contributed by atoms with van der Waals surface area (Å²) < 4.78 is 11.2. The van der Waals surface area contributed by atoms with Gasteiger partial charge in [0.15, 0.2) is 0 Å². The van der Waals surface area contributed by atoms with Gasteiger partial charge in [0.1, 0.15) is 11.5 Å². The van der Waals surface area contributed by atoms with Crippen LogP contribution in [0.4, 0.5) is 5.69 Å². The number of methoxy groups -OCH3 is 2. The number of thiophene rings is 1. The number of carbonyl (C=O) groups excluding carboxylic acids is 1. The second kappa shape index (κ2) is 7.18. The van der Waals surface area contributed by atoms with Crippen LogP contribution in [0.2, 0.25) is 5.02 Å². The van der Waals surface area contributed by atoms with Gasteiger partial charge < -0.3 is 19.8 Å². The van der Waals surface area contributed by atoms with Crippen molar-refractivity contribution in [1.29, 1.82) is 0 Å². The van der Waals surface area contributed by atoms with Crippen molar-refractivity contribution < 1.29 is 14.3 Å². The molecule has 8 heteroatoms. The van der Waals surface area contributed by atoms with E-state index in [2.05, 4.69) is 10.3 Å². The van der Waals surface area contributed by atoms with Crippen LogP contribution in [0.3, 0.4) is 0 Å². The number of anilines is 1. The zero-order valence-corrected chi connectivity index (χ0v) is 16.5. The Morgan fingerprint density at radius 3 is 2.57 bits per heavy atom. The van der Waals surface area contributed by atoms with Crippen molar-refractivity contribution in [1.82, 2.24) is 4.98 Å². The highest BCUT2D eigenvalue weighted by atomic mass is 35.5. The molecular formula is C20H15ClN2O4S.